The van der Waals surface area contributed by atoms with E-state index in [1.54, 1.807) is 53.2 Å². The Labute approximate surface area is 815 Å². The summed E-state index contributed by atoms with van der Waals surface area (Å²) in [5, 5.41) is 32.3. The normalized spacial score (nSPS) is 19.8. The summed E-state index contributed by atoms with van der Waals surface area (Å²) in [6.07, 6.45) is 27.3. The third kappa shape index (κ3) is 22.4. The minimum Gasteiger partial charge on any atom is -0.497 e. The average Bonchev–Trinajstić information content (AvgIpc) is 1.57. The minimum atomic E-state index is -6.00. The monoisotopic (exact) mass is 1970 g/mol. The molecule has 4 atom stereocenters. The number of rotatable bonds is 17. The number of carbonyl (C=O) groups is 4. The van der Waals surface area contributed by atoms with E-state index in [1.165, 1.54) is 55.5 Å². The number of aromatic nitrogens is 9. The Bertz CT molecular complexity index is 6570. The molecule has 4 aliphatic carbocycles. The fraction of sp³-hybridized carbons (Fsp3) is 0.520. The van der Waals surface area contributed by atoms with Gasteiger partial charge in [0.05, 0.1) is 155 Å². The number of amidine groups is 1. The number of allylic oxidation sites excluding steroid dienone is 2. The van der Waals surface area contributed by atoms with E-state index < -0.39 is 55.6 Å². The van der Waals surface area contributed by atoms with Crippen LogP contribution < -0.4 is 29.1 Å². The first-order chi connectivity index (χ1) is 66.9. The van der Waals surface area contributed by atoms with Gasteiger partial charge in [0.1, 0.15) is 28.1 Å². The number of benzene rings is 5. The molecule has 5 saturated heterocycles. The molecule has 0 spiro atoms. The number of nitrogens with one attached hydrogen (secondary N) is 3. The van der Waals surface area contributed by atoms with Crippen LogP contribution in [0.3, 0.4) is 0 Å². The molecule has 0 radical (unpaired) electrons. The fourth-order valence-electron chi connectivity index (χ4n) is 20.9. The third-order valence-electron chi connectivity index (χ3n) is 28.6. The van der Waals surface area contributed by atoms with Gasteiger partial charge in [0, 0.05) is 83.3 Å². The largest absolute Gasteiger partial charge is 0.673 e. The van der Waals surface area contributed by atoms with E-state index in [0.717, 1.165) is 237 Å². The van der Waals surface area contributed by atoms with Crippen LogP contribution in [-0.4, -0.2) is 259 Å². The second-order valence-electron chi connectivity index (χ2n) is 39.4. The van der Waals surface area contributed by atoms with Gasteiger partial charge >= 0.3 is 19.2 Å². The molecular weight excluding hydrogens is 1840 g/mol. The van der Waals surface area contributed by atoms with Crippen molar-refractivity contribution in [3.63, 3.8) is 0 Å². The molecule has 21 rings (SSSR count). The lowest BCUT2D eigenvalue weighted by molar-refractivity contribution is -0.480. The Morgan fingerprint density at radius 1 is 0.564 bits per heavy atom. The van der Waals surface area contributed by atoms with Gasteiger partial charge < -0.3 is 70.3 Å². The number of hydrogen-bond acceptors (Lipinski definition) is 20. The quantitative estimate of drug-likeness (QED) is 0.0216. The number of sulfonamides is 2. The van der Waals surface area contributed by atoms with Gasteiger partial charge in [-0.25, -0.2) is 40.5 Å². The number of carboxylic acid groups (broad SMARTS) is 1. The van der Waals surface area contributed by atoms with Crippen molar-refractivity contribution >= 4 is 113 Å². The van der Waals surface area contributed by atoms with Crippen LogP contribution in [0.2, 0.25) is 0 Å². The third-order valence-corrected chi connectivity index (χ3v) is 32.0. The second-order valence-corrected chi connectivity index (χ2v) is 43.9. The maximum Gasteiger partial charge on any atom is 0.673 e. The van der Waals surface area contributed by atoms with Gasteiger partial charge in [-0.05, 0) is 274 Å². The molecule has 31 nitrogen and oxygen atoms in total. The second kappa shape index (κ2) is 43.3. The van der Waals surface area contributed by atoms with Crippen LogP contribution in [0, 0.1) is 13.8 Å². The highest BCUT2D eigenvalue weighted by Crippen LogP contribution is 2.52. The predicted octanol–water partition coefficient (Wildman–Crippen LogP) is 16.4. The molecule has 140 heavy (non-hydrogen) atoms. The van der Waals surface area contributed by atoms with Crippen LogP contribution in [0.4, 0.5) is 17.3 Å². The zero-order chi connectivity index (χ0) is 99.5. The van der Waals surface area contributed by atoms with Crippen molar-refractivity contribution < 1.29 is 91.5 Å². The van der Waals surface area contributed by atoms with Crippen LogP contribution in [0.15, 0.2) is 97.1 Å². The number of aromatic carboxylic acids is 1. The number of aryl methyl sites for hydroxylation is 2. The molecule has 10 aromatic rings. The van der Waals surface area contributed by atoms with Crippen molar-refractivity contribution in [3.8, 4) is 34.0 Å². The first-order valence-corrected chi connectivity index (χ1v) is 52.3. The van der Waals surface area contributed by atoms with Gasteiger partial charge in [-0.1, -0.05) is 67.6 Å². The van der Waals surface area contributed by atoms with Crippen molar-refractivity contribution in [2.24, 2.45) is 0 Å². The van der Waals surface area contributed by atoms with E-state index in [1.807, 2.05) is 115 Å². The van der Waals surface area contributed by atoms with E-state index in [2.05, 4.69) is 81.2 Å². The summed E-state index contributed by atoms with van der Waals surface area (Å²) in [5.41, 5.74) is 17.7. The highest BCUT2D eigenvalue weighted by molar-refractivity contribution is 7.90. The molecule has 5 aromatic carbocycles. The van der Waals surface area contributed by atoms with Crippen molar-refractivity contribution in [1.29, 1.82) is 0 Å². The van der Waals surface area contributed by atoms with Crippen molar-refractivity contribution in [2.45, 2.75) is 242 Å². The summed E-state index contributed by atoms with van der Waals surface area (Å²) in [6, 6.07) is 32.0. The number of halogens is 4. The summed E-state index contributed by atoms with van der Waals surface area (Å²) in [6.45, 7) is 18.0. The Kier molecular flexibility index (Phi) is 31.4. The molecule has 12 heterocycles. The smallest absolute Gasteiger partial charge is 0.497 e. The van der Waals surface area contributed by atoms with Crippen LogP contribution in [0.25, 0.3) is 78.7 Å². The Hall–Kier alpha value is -11.3. The fourth-order valence-corrected chi connectivity index (χ4v) is 22.1. The average molecular weight is 1970 g/mol. The Morgan fingerprint density at radius 2 is 1.01 bits per heavy atom. The van der Waals surface area contributed by atoms with Gasteiger partial charge in [-0.2, -0.15) is 10.2 Å². The van der Waals surface area contributed by atoms with E-state index >= 15 is 0 Å². The zero-order valence-corrected chi connectivity index (χ0v) is 83.9. The lowest BCUT2D eigenvalue weighted by Gasteiger charge is -2.33. The lowest BCUT2D eigenvalue weighted by Crippen LogP contribution is -2.46. The highest BCUT2D eigenvalue weighted by Gasteiger charge is 2.43. The molecule has 4 bridgehead atoms. The van der Waals surface area contributed by atoms with Crippen LogP contribution in [-0.2, 0) is 47.3 Å². The Morgan fingerprint density at radius 3 is 1.41 bits per heavy atom. The molecule has 752 valence electrons. The topological polar surface area (TPSA) is 337 Å². The number of carbonyl (C=O) groups excluding carboxylic acids is 3. The van der Waals surface area contributed by atoms with Gasteiger partial charge in [-0.15, -0.1) is 5.10 Å². The first-order valence-electron chi connectivity index (χ1n) is 49.2. The maximum absolute atomic E-state index is 14.8. The number of methoxy groups -OCH3 is 2. The van der Waals surface area contributed by atoms with Crippen molar-refractivity contribution in [2.75, 3.05) is 102 Å². The van der Waals surface area contributed by atoms with E-state index in [4.69, 9.17) is 38.7 Å². The number of para-hydroxylation sites is 1. The number of amides is 3. The van der Waals surface area contributed by atoms with Crippen LogP contribution in [0.5, 0.6) is 11.5 Å². The van der Waals surface area contributed by atoms with Crippen molar-refractivity contribution in [3.05, 3.63) is 164 Å². The number of ether oxygens (including phenoxy) is 5. The summed E-state index contributed by atoms with van der Waals surface area (Å²) >= 11 is 0. The van der Waals surface area contributed by atoms with E-state index in [9.17, 15) is 58.4 Å². The standard InChI is InChI=1S/C43H51N5O6S.C37H42N4O6S.C11H16N5O.C6H11NO.C5H11NO.BF4/c1-25(2)55(51,52)45-42(49)28-13-17-36-37(21-28)47-22-30(19-29-20-32(53-4)16-18-35(29)41(47)39(36)27-9-6-5-7-10-27)40-38(26(3)44-48(40)31-11-8-12-31)43(50)46-23-33-14-15-34(24-46)54-33;1-21(2)48(45,46)39-36(42)24-13-15-30-31(19-24)40-20-26(34-32(37(43)44)22(3)38-41(34)27-11-8-12-27)17-25-18-28(47-4)14-16-29(25)35(40)33(30)23-9-6-5-7-10-23;1-14(2)11(15(3)4)17-16-10-8-6-5-7-9(10)12-13-16;1-2-6-4-7-3-5(1)8-6;1-6-2-4-7-5-3-6;2-1(3,4)5/h13,16-21,25,27,31,33-34H,5-12,14-15,22-24H2,1-4H3,(H,45,49);13-19,21,23,27H,5-12,20H2,1-4H3,(H,39,42)(H,43,44);5-8H,1-4H3;5-7H,1-4H2;2-5H2,1H3;/q;;+1;;;-1. The number of nitrogens with zero attached hydrogens (tertiary/aromatic N) is 13. The van der Waals surface area contributed by atoms with Gasteiger partial charge in [0.2, 0.25) is 20.0 Å². The number of fused-ring (bicyclic) bond motifs is 15. The molecule has 3 amide bonds. The summed E-state index contributed by atoms with van der Waals surface area (Å²) in [7, 11) is -0.602. The van der Waals surface area contributed by atoms with Crippen LogP contribution >= 0.6 is 0 Å². The number of hydrogen-bond donors (Lipinski definition) is 4. The molecule has 7 aliphatic heterocycles. The van der Waals surface area contributed by atoms with E-state index in [0.29, 0.717) is 78.9 Å². The minimum absolute atomic E-state index is 0.0000811. The number of likely N-dealkylation sites (N-methyl/N-ethyl adjacent to an activating group) is 1. The Balaban J connectivity index is 0.000000148. The highest BCUT2D eigenvalue weighted by atomic mass is 32.2. The van der Waals surface area contributed by atoms with E-state index in [-0.39, 0.29) is 46.9 Å². The molecule has 4 unspecified atom stereocenters. The molecule has 5 aromatic heterocycles. The van der Waals surface area contributed by atoms with Crippen molar-refractivity contribution in [1.82, 2.24) is 73.3 Å². The molecule has 4 saturated carbocycles. The summed E-state index contributed by atoms with van der Waals surface area (Å²) in [4.78, 5) is 67.8. The molecule has 9 fully saturated rings. The lowest BCUT2D eigenvalue weighted by atomic mass is 9.81. The van der Waals surface area contributed by atoms with Gasteiger partial charge in [0.15, 0.2) is 0 Å². The first kappa shape index (κ1) is 102. The summed E-state index contributed by atoms with van der Waals surface area (Å²) < 4.78 is 133. The molecule has 38 heteroatoms. The number of carboxylic acids is 1. The van der Waals surface area contributed by atoms with Gasteiger partial charge in [-0.3, -0.25) is 28.6 Å². The maximum atomic E-state index is 14.8. The molecular formula is C102H131BF4N16O15S2. The summed E-state index contributed by atoms with van der Waals surface area (Å²) in [5.74, 6) is -0.288. The number of morpholine rings is 3. The predicted molar refractivity (Wildman–Crippen MR) is 533 cm³/mol. The zero-order valence-electron chi connectivity index (χ0n) is 82.3. The van der Waals surface area contributed by atoms with Gasteiger partial charge in [0.25, 0.3) is 17.7 Å². The molecule has 11 aliphatic rings. The molecule has 4 N–H and O–H groups in total. The van der Waals surface area contributed by atoms with Crippen LogP contribution in [0.1, 0.15) is 266 Å². The number of likely N-dealkylation sites (tertiary alicyclic amines) is 1. The SMILES string of the molecule is C1CC2CNCC1O2.CN(C)C(On1nnc2ccccc21)=[N+](C)C.CN1CCOCC1.COc1ccc2c(c1)C=C(c1c(C(=O)N3CC4CCC(C3)O4)c(C)nn1C1CCC1)Cn1c-2c(C2CCCCC2)c2ccc(C(=O)NS(=O)(=O)C(C)C)cc21.COc1ccc2c(c1)C=C(c1c(C(=O)O)c(C)nn1C1CCC1)Cn1c-2c(C2CCCCC2)c2ccc(C(=O)NS(=O)(=O)C(C)C)cc21.F[B-](F)(F)F.